The van der Waals surface area contributed by atoms with E-state index in [2.05, 4.69) is 22.3 Å². The van der Waals surface area contributed by atoms with Gasteiger partial charge in [-0.3, -0.25) is 19.7 Å². The predicted molar refractivity (Wildman–Crippen MR) is 106 cm³/mol. The molecule has 1 heterocycles. The Morgan fingerprint density at radius 1 is 1.15 bits per heavy atom. The maximum atomic E-state index is 12.1. The second-order valence-corrected chi connectivity index (χ2v) is 6.63. The van der Waals surface area contributed by atoms with E-state index >= 15 is 0 Å². The van der Waals surface area contributed by atoms with Crippen LogP contribution in [0.5, 0.6) is 0 Å². The number of rotatable bonds is 9. The number of nitrogens with one attached hydrogen (secondary N) is 1. The van der Waals surface area contributed by atoms with Crippen molar-refractivity contribution in [2.75, 3.05) is 56.1 Å². The van der Waals surface area contributed by atoms with Crippen LogP contribution in [0.3, 0.4) is 0 Å². The summed E-state index contributed by atoms with van der Waals surface area (Å²) in [6, 6.07) is 8.16. The van der Waals surface area contributed by atoms with Crippen molar-refractivity contribution in [3.8, 4) is 0 Å². The molecular weight excluding hydrogens is 346 g/mol. The minimum absolute atomic E-state index is 0.190. The van der Waals surface area contributed by atoms with E-state index in [0.29, 0.717) is 25.9 Å². The zero-order valence-electron chi connectivity index (χ0n) is 15.9. The maximum Gasteiger partial charge on any atom is 0.228 e. The Morgan fingerprint density at radius 3 is 2.41 bits per heavy atom. The zero-order chi connectivity index (χ0) is 19.6. The topological polar surface area (TPSA) is 99.0 Å². The van der Waals surface area contributed by atoms with Gasteiger partial charge in [-0.1, -0.05) is 0 Å². The number of nitrogens with zero attached hydrogens (tertiary/aromatic N) is 3. The van der Waals surface area contributed by atoms with Gasteiger partial charge < -0.3 is 20.4 Å². The van der Waals surface area contributed by atoms with Crippen LogP contribution in [0.4, 0.5) is 11.4 Å². The summed E-state index contributed by atoms with van der Waals surface area (Å²) in [5.41, 5.74) is 7.60. The van der Waals surface area contributed by atoms with Crippen LogP contribution in [0, 0.1) is 0 Å². The fourth-order valence-electron chi connectivity index (χ4n) is 3.08. The monoisotopic (exact) mass is 375 g/mol. The molecule has 0 saturated carbocycles. The van der Waals surface area contributed by atoms with Crippen LogP contribution in [-0.4, -0.2) is 69.4 Å². The minimum atomic E-state index is -0.285. The molecule has 0 bridgehead atoms. The van der Waals surface area contributed by atoms with Gasteiger partial charge in [-0.05, 0) is 37.2 Å². The molecule has 1 aromatic rings. The van der Waals surface area contributed by atoms with E-state index in [1.54, 1.807) is 0 Å². The Hall–Kier alpha value is -2.61. The van der Waals surface area contributed by atoms with E-state index in [0.717, 1.165) is 44.0 Å². The molecule has 8 heteroatoms. The van der Waals surface area contributed by atoms with Gasteiger partial charge in [0, 0.05) is 64.0 Å². The molecule has 0 aliphatic carbocycles. The normalized spacial score (nSPS) is 14.0. The van der Waals surface area contributed by atoms with E-state index < -0.39 is 0 Å². The quantitative estimate of drug-likeness (QED) is 0.597. The first-order valence-electron chi connectivity index (χ1n) is 9.32. The molecule has 0 atom stereocenters. The molecule has 0 aromatic heterocycles. The van der Waals surface area contributed by atoms with Crippen molar-refractivity contribution in [2.24, 2.45) is 5.73 Å². The van der Waals surface area contributed by atoms with Crippen LogP contribution < -0.4 is 20.9 Å². The largest absolute Gasteiger partial charge is 0.374 e. The second kappa shape index (κ2) is 10.5. The molecule has 1 fully saturated rings. The fraction of sp³-hybridized carbons (Fsp3) is 0.526. The highest BCUT2D eigenvalue weighted by Gasteiger charge is 2.20. The average Bonchev–Trinajstić information content (AvgIpc) is 2.70. The van der Waals surface area contributed by atoms with Gasteiger partial charge in [0.15, 0.2) is 0 Å². The van der Waals surface area contributed by atoms with Gasteiger partial charge in [0.25, 0.3) is 0 Å². The van der Waals surface area contributed by atoms with Crippen molar-refractivity contribution in [3.05, 3.63) is 24.3 Å². The van der Waals surface area contributed by atoms with E-state index in [4.69, 9.17) is 5.73 Å². The van der Waals surface area contributed by atoms with Crippen LogP contribution >= 0.6 is 0 Å². The molecule has 2 rings (SSSR count). The first-order chi connectivity index (χ1) is 13.0. The van der Waals surface area contributed by atoms with E-state index in [1.165, 1.54) is 0 Å². The zero-order valence-corrected chi connectivity index (χ0v) is 15.9. The van der Waals surface area contributed by atoms with Gasteiger partial charge in [0.05, 0.1) is 0 Å². The number of nitrogens with two attached hydrogens (primary N) is 1. The molecular formula is C19H29N5O3. The van der Waals surface area contributed by atoms with Gasteiger partial charge in [0.1, 0.15) is 0 Å². The van der Waals surface area contributed by atoms with Crippen molar-refractivity contribution >= 4 is 29.6 Å². The lowest BCUT2D eigenvalue weighted by atomic mass is 10.2. The Kier molecular flexibility index (Phi) is 8.06. The number of anilines is 2. The predicted octanol–water partition coefficient (Wildman–Crippen LogP) is 0.173. The molecule has 0 unspecified atom stereocenters. The molecule has 1 saturated heterocycles. The average molecular weight is 375 g/mol. The number of benzene rings is 1. The van der Waals surface area contributed by atoms with Crippen molar-refractivity contribution < 1.29 is 14.4 Å². The number of imide groups is 1. The molecule has 27 heavy (non-hydrogen) atoms. The number of carbonyl (C=O) groups excluding carboxylic acids is 3. The number of hydrogen-bond donors (Lipinski definition) is 2. The number of carbonyl (C=O) groups is 3. The van der Waals surface area contributed by atoms with Crippen molar-refractivity contribution in [2.45, 2.75) is 19.3 Å². The number of piperazine rings is 1. The first kappa shape index (κ1) is 20.7. The number of hydrogen-bond acceptors (Lipinski definition) is 6. The van der Waals surface area contributed by atoms with Gasteiger partial charge in [0.2, 0.25) is 18.2 Å². The van der Waals surface area contributed by atoms with Gasteiger partial charge in [-0.15, -0.1) is 0 Å². The van der Waals surface area contributed by atoms with Gasteiger partial charge >= 0.3 is 0 Å². The summed E-state index contributed by atoms with van der Waals surface area (Å²) in [5.74, 6) is -0.0944. The molecule has 8 nitrogen and oxygen atoms in total. The van der Waals surface area contributed by atoms with Crippen molar-refractivity contribution in [3.63, 3.8) is 0 Å². The van der Waals surface area contributed by atoms with Crippen LogP contribution in [-0.2, 0) is 14.4 Å². The summed E-state index contributed by atoms with van der Waals surface area (Å²) in [6.45, 7) is 4.18. The van der Waals surface area contributed by atoms with Crippen LogP contribution in [0.15, 0.2) is 24.3 Å². The highest BCUT2D eigenvalue weighted by molar-refractivity contribution is 5.86. The third kappa shape index (κ3) is 6.25. The third-order valence-corrected chi connectivity index (χ3v) is 4.78. The van der Waals surface area contributed by atoms with Crippen LogP contribution in [0.25, 0.3) is 0 Å². The lowest BCUT2D eigenvalue weighted by Crippen LogP contribution is -2.48. The first-order valence-corrected chi connectivity index (χ1v) is 9.32. The van der Waals surface area contributed by atoms with Crippen LogP contribution in [0.2, 0.25) is 0 Å². The molecule has 3 amide bonds. The maximum absolute atomic E-state index is 12.1. The lowest BCUT2D eigenvalue weighted by molar-refractivity contribution is -0.131. The van der Waals surface area contributed by atoms with E-state index in [-0.39, 0.29) is 18.2 Å². The SMILES string of the molecule is CN(CCC(=O)NC=O)c1ccc(N2CCN(C(=O)CCCN)CC2)cc1. The van der Waals surface area contributed by atoms with Crippen LogP contribution in [0.1, 0.15) is 19.3 Å². The second-order valence-electron chi connectivity index (χ2n) is 6.63. The molecule has 1 aromatic carbocycles. The van der Waals surface area contributed by atoms with E-state index in [9.17, 15) is 14.4 Å². The molecule has 0 radical (unpaired) electrons. The standard InChI is InChI=1S/C19H29N5O3/c1-22(10-8-18(26)21-15-25)16-4-6-17(7-5-16)23-11-13-24(14-12-23)19(27)3-2-9-20/h4-7,15H,2-3,8-14,20H2,1H3,(H,21,25,26). The summed E-state index contributed by atoms with van der Waals surface area (Å²) in [4.78, 5) is 39.8. The summed E-state index contributed by atoms with van der Waals surface area (Å²) in [7, 11) is 1.91. The molecule has 3 N–H and O–H groups in total. The van der Waals surface area contributed by atoms with Crippen molar-refractivity contribution in [1.82, 2.24) is 10.2 Å². The Balaban J connectivity index is 1.82. The summed E-state index contributed by atoms with van der Waals surface area (Å²) in [5, 5.41) is 2.14. The Morgan fingerprint density at radius 2 is 1.81 bits per heavy atom. The molecule has 1 aliphatic heterocycles. The van der Waals surface area contributed by atoms with Gasteiger partial charge in [-0.2, -0.15) is 0 Å². The third-order valence-electron chi connectivity index (χ3n) is 4.78. The van der Waals surface area contributed by atoms with Gasteiger partial charge in [-0.25, -0.2) is 0 Å². The lowest BCUT2D eigenvalue weighted by Gasteiger charge is -2.36. The molecule has 1 aliphatic rings. The van der Waals surface area contributed by atoms with E-state index in [1.807, 2.05) is 29.0 Å². The molecule has 0 spiro atoms. The summed E-state index contributed by atoms with van der Waals surface area (Å²) < 4.78 is 0. The smallest absolute Gasteiger partial charge is 0.228 e. The Bertz CT molecular complexity index is 627. The Labute approximate surface area is 160 Å². The highest BCUT2D eigenvalue weighted by Crippen LogP contribution is 2.21. The minimum Gasteiger partial charge on any atom is -0.374 e. The summed E-state index contributed by atoms with van der Waals surface area (Å²) in [6.07, 6.45) is 1.94. The van der Waals surface area contributed by atoms with Crippen molar-refractivity contribution in [1.29, 1.82) is 0 Å². The highest BCUT2D eigenvalue weighted by atomic mass is 16.2. The number of amides is 3. The summed E-state index contributed by atoms with van der Waals surface area (Å²) >= 11 is 0. The molecule has 148 valence electrons. The fourth-order valence-corrected chi connectivity index (χ4v) is 3.08.